The predicted molar refractivity (Wildman–Crippen MR) is 75.7 cm³/mol. The van der Waals surface area contributed by atoms with E-state index in [1.54, 1.807) is 0 Å². The molecular formula is C13H24N2O4S. The van der Waals surface area contributed by atoms with Gasteiger partial charge in [-0.15, -0.1) is 0 Å². The average molecular weight is 304 g/mol. The van der Waals surface area contributed by atoms with Crippen LogP contribution in [-0.4, -0.2) is 56.2 Å². The molecule has 0 atom stereocenters. The Morgan fingerprint density at radius 3 is 2.55 bits per heavy atom. The third kappa shape index (κ3) is 3.93. The van der Waals surface area contributed by atoms with Gasteiger partial charge in [0, 0.05) is 26.2 Å². The molecule has 2 rings (SSSR count). The van der Waals surface area contributed by atoms with Crippen molar-refractivity contribution in [1.29, 1.82) is 0 Å². The van der Waals surface area contributed by atoms with E-state index in [4.69, 9.17) is 4.74 Å². The van der Waals surface area contributed by atoms with Crippen molar-refractivity contribution in [3.05, 3.63) is 0 Å². The van der Waals surface area contributed by atoms with Gasteiger partial charge in [0.25, 0.3) is 0 Å². The van der Waals surface area contributed by atoms with Crippen LogP contribution in [0, 0.1) is 5.92 Å². The fraction of sp³-hybridized carbons (Fsp3) is 0.923. The quantitative estimate of drug-likeness (QED) is 0.656. The smallest absolute Gasteiger partial charge is 0.225 e. The van der Waals surface area contributed by atoms with Crippen molar-refractivity contribution in [2.75, 3.05) is 26.2 Å². The lowest BCUT2D eigenvalue weighted by atomic mass is 10.0. The predicted octanol–water partition coefficient (Wildman–Crippen LogP) is 0.342. The molecule has 1 N–H and O–H groups in total. The molecule has 1 aliphatic heterocycles. The standard InChI is InChI=1S/C13H24N2O4S/c1-10(2)19-7-3-6-14-13(16)11-8-15(9-11)20(17,18)12-4-5-12/h10-12H,3-9H2,1-2H3,(H,14,16). The summed E-state index contributed by atoms with van der Waals surface area (Å²) in [5, 5.41) is 2.65. The highest BCUT2D eigenvalue weighted by atomic mass is 32.2. The van der Waals surface area contributed by atoms with E-state index in [2.05, 4.69) is 5.32 Å². The highest BCUT2D eigenvalue weighted by Gasteiger charge is 2.46. The lowest BCUT2D eigenvalue weighted by Crippen LogP contribution is -2.56. The Hall–Kier alpha value is -0.660. The Morgan fingerprint density at radius 2 is 2.00 bits per heavy atom. The Bertz CT molecular complexity index is 439. The second kappa shape index (κ2) is 6.41. The monoisotopic (exact) mass is 304 g/mol. The molecular weight excluding hydrogens is 280 g/mol. The molecule has 1 aliphatic carbocycles. The molecule has 1 heterocycles. The first-order valence-corrected chi connectivity index (χ1v) is 8.80. The normalized spacial score (nSPS) is 20.9. The van der Waals surface area contributed by atoms with Gasteiger partial charge in [0.1, 0.15) is 0 Å². The van der Waals surface area contributed by atoms with Gasteiger partial charge in [0.05, 0.1) is 17.3 Å². The first-order valence-electron chi connectivity index (χ1n) is 7.29. The molecule has 2 fully saturated rings. The second-order valence-corrected chi connectivity index (χ2v) is 8.04. The lowest BCUT2D eigenvalue weighted by Gasteiger charge is -2.37. The fourth-order valence-corrected chi connectivity index (χ4v) is 4.06. The van der Waals surface area contributed by atoms with E-state index >= 15 is 0 Å². The van der Waals surface area contributed by atoms with Crippen molar-refractivity contribution >= 4 is 15.9 Å². The van der Waals surface area contributed by atoms with Gasteiger partial charge in [-0.1, -0.05) is 0 Å². The van der Waals surface area contributed by atoms with E-state index in [0.29, 0.717) is 26.2 Å². The Morgan fingerprint density at radius 1 is 1.35 bits per heavy atom. The van der Waals surface area contributed by atoms with Gasteiger partial charge >= 0.3 is 0 Å². The molecule has 0 aromatic carbocycles. The molecule has 1 amide bonds. The summed E-state index contributed by atoms with van der Waals surface area (Å²) in [7, 11) is -3.10. The SMILES string of the molecule is CC(C)OCCCNC(=O)C1CN(S(=O)(=O)C2CC2)C1. The van der Waals surface area contributed by atoms with Crippen LogP contribution in [-0.2, 0) is 19.6 Å². The molecule has 0 unspecified atom stereocenters. The molecule has 1 saturated heterocycles. The van der Waals surface area contributed by atoms with Gasteiger partial charge in [0.2, 0.25) is 15.9 Å². The van der Waals surface area contributed by atoms with Crippen LogP contribution < -0.4 is 5.32 Å². The topological polar surface area (TPSA) is 75.7 Å². The molecule has 0 bridgehead atoms. The number of amides is 1. The molecule has 116 valence electrons. The maximum atomic E-state index is 11.9. The average Bonchev–Trinajstić information content (AvgIpc) is 3.09. The first-order chi connectivity index (χ1) is 9.41. The molecule has 7 heteroatoms. The minimum absolute atomic E-state index is 0.0446. The van der Waals surface area contributed by atoms with E-state index in [1.807, 2.05) is 13.8 Å². The zero-order valence-electron chi connectivity index (χ0n) is 12.2. The maximum Gasteiger partial charge on any atom is 0.225 e. The number of sulfonamides is 1. The molecule has 0 radical (unpaired) electrons. The van der Waals surface area contributed by atoms with Crippen molar-refractivity contribution < 1.29 is 17.9 Å². The zero-order chi connectivity index (χ0) is 14.8. The van der Waals surface area contributed by atoms with Crippen molar-refractivity contribution in [3.63, 3.8) is 0 Å². The number of carbonyl (C=O) groups excluding carboxylic acids is 1. The number of ether oxygens (including phenoxy) is 1. The van der Waals surface area contributed by atoms with E-state index in [-0.39, 0.29) is 23.2 Å². The zero-order valence-corrected chi connectivity index (χ0v) is 13.0. The molecule has 0 aromatic heterocycles. The van der Waals surface area contributed by atoms with Crippen LogP contribution in [0.5, 0.6) is 0 Å². The van der Waals surface area contributed by atoms with Gasteiger partial charge in [-0.25, -0.2) is 8.42 Å². The lowest BCUT2D eigenvalue weighted by molar-refractivity contribution is -0.128. The molecule has 2 aliphatic rings. The van der Waals surface area contributed by atoms with Crippen LogP contribution in [0.1, 0.15) is 33.1 Å². The third-order valence-corrected chi connectivity index (χ3v) is 5.93. The Balaban J connectivity index is 1.59. The van der Waals surface area contributed by atoms with Gasteiger partial charge < -0.3 is 10.1 Å². The van der Waals surface area contributed by atoms with Crippen LogP contribution in [0.3, 0.4) is 0 Å². The summed E-state index contributed by atoms with van der Waals surface area (Å²) in [6, 6.07) is 0. The van der Waals surface area contributed by atoms with Crippen LogP contribution in [0.15, 0.2) is 0 Å². The summed E-state index contributed by atoms with van der Waals surface area (Å²) < 4.78 is 30.6. The number of hydrogen-bond donors (Lipinski definition) is 1. The van der Waals surface area contributed by atoms with Crippen molar-refractivity contribution in [1.82, 2.24) is 9.62 Å². The minimum Gasteiger partial charge on any atom is -0.379 e. The van der Waals surface area contributed by atoms with Gasteiger partial charge in [0.15, 0.2) is 0 Å². The fourth-order valence-electron chi connectivity index (χ4n) is 2.14. The Labute approximate surface area is 120 Å². The van der Waals surface area contributed by atoms with E-state index in [0.717, 1.165) is 19.3 Å². The Kier molecular flexibility index (Phi) is 5.04. The summed E-state index contributed by atoms with van der Waals surface area (Å²) >= 11 is 0. The summed E-state index contributed by atoms with van der Waals surface area (Å²) in [6.45, 7) is 5.84. The maximum absolute atomic E-state index is 11.9. The van der Waals surface area contributed by atoms with Crippen LogP contribution in [0.2, 0.25) is 0 Å². The number of rotatable bonds is 8. The van der Waals surface area contributed by atoms with Crippen molar-refractivity contribution in [3.8, 4) is 0 Å². The van der Waals surface area contributed by atoms with E-state index in [1.165, 1.54) is 4.31 Å². The largest absolute Gasteiger partial charge is 0.379 e. The summed E-state index contributed by atoms with van der Waals surface area (Å²) in [5.74, 6) is -0.230. The molecule has 1 saturated carbocycles. The first kappa shape index (κ1) is 15.7. The molecule has 0 spiro atoms. The third-order valence-electron chi connectivity index (χ3n) is 3.60. The summed E-state index contributed by atoms with van der Waals surface area (Å²) in [6.07, 6.45) is 2.52. The van der Waals surface area contributed by atoms with E-state index in [9.17, 15) is 13.2 Å². The summed E-state index contributed by atoms with van der Waals surface area (Å²) in [5.41, 5.74) is 0. The molecule has 0 aromatic rings. The van der Waals surface area contributed by atoms with Gasteiger partial charge in [-0.05, 0) is 33.1 Å². The van der Waals surface area contributed by atoms with Crippen LogP contribution >= 0.6 is 0 Å². The van der Waals surface area contributed by atoms with Gasteiger partial charge in [-0.3, -0.25) is 4.79 Å². The second-order valence-electron chi connectivity index (χ2n) is 5.82. The van der Waals surface area contributed by atoms with Crippen molar-refractivity contribution in [2.24, 2.45) is 5.92 Å². The molecule has 6 nitrogen and oxygen atoms in total. The molecule has 20 heavy (non-hydrogen) atoms. The van der Waals surface area contributed by atoms with E-state index < -0.39 is 10.0 Å². The van der Waals surface area contributed by atoms with Crippen LogP contribution in [0.25, 0.3) is 0 Å². The highest BCUT2D eigenvalue weighted by molar-refractivity contribution is 7.90. The number of carbonyl (C=O) groups is 1. The number of hydrogen-bond acceptors (Lipinski definition) is 4. The highest BCUT2D eigenvalue weighted by Crippen LogP contribution is 2.34. The minimum atomic E-state index is -3.10. The van der Waals surface area contributed by atoms with Crippen molar-refractivity contribution in [2.45, 2.75) is 44.5 Å². The number of nitrogens with one attached hydrogen (secondary N) is 1. The number of nitrogens with zero attached hydrogens (tertiary/aromatic N) is 1. The summed E-state index contributed by atoms with van der Waals surface area (Å²) in [4.78, 5) is 11.8. The van der Waals surface area contributed by atoms with Gasteiger partial charge in [-0.2, -0.15) is 4.31 Å². The van der Waals surface area contributed by atoms with Crippen LogP contribution in [0.4, 0.5) is 0 Å².